The van der Waals surface area contributed by atoms with Crippen molar-refractivity contribution in [3.05, 3.63) is 54.1 Å². The van der Waals surface area contributed by atoms with Crippen molar-refractivity contribution >= 4 is 33.5 Å². The summed E-state index contributed by atoms with van der Waals surface area (Å²) in [4.78, 5) is 22.7. The molecular formula is C18H14O4. The topological polar surface area (TPSA) is 63.6 Å². The smallest absolute Gasteiger partial charge is 0.308 e. The Morgan fingerprint density at radius 3 is 1.95 bits per heavy atom. The van der Waals surface area contributed by atoms with Crippen molar-refractivity contribution in [2.75, 3.05) is 0 Å². The predicted molar refractivity (Wildman–Crippen MR) is 84.1 cm³/mol. The van der Waals surface area contributed by atoms with E-state index >= 15 is 0 Å². The first-order valence-electron chi connectivity index (χ1n) is 6.90. The van der Waals surface area contributed by atoms with Crippen molar-refractivity contribution in [2.24, 2.45) is 0 Å². The number of benzene rings is 3. The van der Waals surface area contributed by atoms with Gasteiger partial charge < -0.3 is 9.84 Å². The molecule has 3 aromatic carbocycles. The Morgan fingerprint density at radius 1 is 0.909 bits per heavy atom. The van der Waals surface area contributed by atoms with Gasteiger partial charge in [0.2, 0.25) is 0 Å². The molecule has 3 rings (SSSR count). The van der Waals surface area contributed by atoms with Gasteiger partial charge in [0.1, 0.15) is 5.75 Å². The van der Waals surface area contributed by atoms with Gasteiger partial charge in [-0.25, -0.2) is 0 Å². The van der Waals surface area contributed by atoms with Crippen LogP contribution in [-0.2, 0) is 16.0 Å². The lowest BCUT2D eigenvalue weighted by Crippen LogP contribution is -2.08. The van der Waals surface area contributed by atoms with Crippen LogP contribution in [0.5, 0.6) is 5.75 Å². The van der Waals surface area contributed by atoms with Gasteiger partial charge in [0, 0.05) is 17.9 Å². The molecule has 0 saturated carbocycles. The Morgan fingerprint density at radius 2 is 1.41 bits per heavy atom. The Bertz CT molecular complexity index is 821. The van der Waals surface area contributed by atoms with Crippen molar-refractivity contribution in [1.29, 1.82) is 0 Å². The van der Waals surface area contributed by atoms with Gasteiger partial charge in [-0.1, -0.05) is 48.5 Å². The third-order valence-corrected chi connectivity index (χ3v) is 3.56. The average Bonchev–Trinajstić information content (AvgIpc) is 2.50. The average molecular weight is 294 g/mol. The lowest BCUT2D eigenvalue weighted by molar-refractivity contribution is -0.136. The van der Waals surface area contributed by atoms with E-state index in [9.17, 15) is 14.7 Å². The zero-order valence-corrected chi connectivity index (χ0v) is 12.0. The standard InChI is InChI=1S/C18H14O4/c1-11(19)22-18-15-9-5-4-7-13(15)12-6-2-3-8-14(12)16(18)10-17(20)21/h2-9H,10H2,1H3,(H,20,21). The van der Waals surface area contributed by atoms with Crippen LogP contribution in [0.2, 0.25) is 0 Å². The molecule has 4 heteroatoms. The molecule has 0 fully saturated rings. The molecule has 0 amide bonds. The van der Waals surface area contributed by atoms with Crippen LogP contribution in [0.1, 0.15) is 12.5 Å². The van der Waals surface area contributed by atoms with Gasteiger partial charge in [-0.2, -0.15) is 0 Å². The summed E-state index contributed by atoms with van der Waals surface area (Å²) >= 11 is 0. The minimum absolute atomic E-state index is 0.200. The maximum Gasteiger partial charge on any atom is 0.308 e. The minimum atomic E-state index is -0.964. The fourth-order valence-electron chi connectivity index (χ4n) is 2.77. The highest BCUT2D eigenvalue weighted by molar-refractivity contribution is 6.13. The zero-order valence-electron chi connectivity index (χ0n) is 12.0. The molecule has 1 N–H and O–H groups in total. The van der Waals surface area contributed by atoms with E-state index in [0.29, 0.717) is 11.3 Å². The molecule has 0 saturated heterocycles. The Labute approximate surface area is 126 Å². The van der Waals surface area contributed by atoms with E-state index in [1.807, 2.05) is 48.5 Å². The SMILES string of the molecule is CC(=O)Oc1c(CC(=O)O)c2ccccc2c2ccccc12. The molecule has 0 aromatic heterocycles. The Kier molecular flexibility index (Phi) is 3.51. The molecule has 0 unspecified atom stereocenters. The van der Waals surface area contributed by atoms with E-state index in [1.54, 1.807) is 0 Å². The molecule has 0 atom stereocenters. The lowest BCUT2D eigenvalue weighted by atomic mass is 9.94. The van der Waals surface area contributed by atoms with Gasteiger partial charge in [-0.15, -0.1) is 0 Å². The number of aliphatic carboxylic acids is 1. The molecule has 0 aliphatic carbocycles. The minimum Gasteiger partial charge on any atom is -0.481 e. The third kappa shape index (κ3) is 2.39. The van der Waals surface area contributed by atoms with Crippen LogP contribution in [0.25, 0.3) is 21.5 Å². The number of esters is 1. The predicted octanol–water partition coefficient (Wildman–Crippen LogP) is 3.55. The highest BCUT2D eigenvalue weighted by Gasteiger charge is 2.18. The molecule has 0 spiro atoms. The summed E-state index contributed by atoms with van der Waals surface area (Å²) in [5, 5.41) is 12.6. The molecule has 110 valence electrons. The molecule has 0 radical (unpaired) electrons. The fourth-order valence-corrected chi connectivity index (χ4v) is 2.77. The summed E-state index contributed by atoms with van der Waals surface area (Å²) in [7, 11) is 0. The van der Waals surface area contributed by atoms with Crippen molar-refractivity contribution in [3.63, 3.8) is 0 Å². The molecular weight excluding hydrogens is 280 g/mol. The second kappa shape index (κ2) is 5.48. The number of carboxylic acid groups (broad SMARTS) is 1. The Hall–Kier alpha value is -2.88. The van der Waals surface area contributed by atoms with Crippen LogP contribution < -0.4 is 4.74 Å². The van der Waals surface area contributed by atoms with Crippen LogP contribution in [0.4, 0.5) is 0 Å². The fraction of sp³-hybridized carbons (Fsp3) is 0.111. The number of carbonyl (C=O) groups is 2. The largest absolute Gasteiger partial charge is 0.481 e. The molecule has 0 aliphatic heterocycles. The monoisotopic (exact) mass is 294 g/mol. The maximum absolute atomic E-state index is 11.5. The molecule has 0 bridgehead atoms. The summed E-state index contributed by atoms with van der Waals surface area (Å²) in [6.45, 7) is 1.31. The molecule has 3 aromatic rings. The maximum atomic E-state index is 11.5. The number of ether oxygens (including phenoxy) is 1. The quantitative estimate of drug-likeness (QED) is 0.456. The van der Waals surface area contributed by atoms with E-state index in [-0.39, 0.29) is 6.42 Å². The molecule has 4 nitrogen and oxygen atoms in total. The van der Waals surface area contributed by atoms with E-state index < -0.39 is 11.9 Å². The van der Waals surface area contributed by atoms with E-state index in [2.05, 4.69) is 0 Å². The number of rotatable bonds is 3. The van der Waals surface area contributed by atoms with Gasteiger partial charge in [-0.3, -0.25) is 9.59 Å². The van der Waals surface area contributed by atoms with E-state index in [0.717, 1.165) is 21.5 Å². The van der Waals surface area contributed by atoms with Crippen molar-refractivity contribution in [1.82, 2.24) is 0 Å². The summed E-state index contributed by atoms with van der Waals surface area (Å²) in [5.41, 5.74) is 0.525. The summed E-state index contributed by atoms with van der Waals surface area (Å²) in [6, 6.07) is 15.1. The summed E-state index contributed by atoms with van der Waals surface area (Å²) < 4.78 is 5.37. The summed E-state index contributed by atoms with van der Waals surface area (Å²) in [5.74, 6) is -1.09. The van der Waals surface area contributed by atoms with Crippen LogP contribution in [0.3, 0.4) is 0 Å². The summed E-state index contributed by atoms with van der Waals surface area (Å²) in [6.07, 6.45) is -0.200. The highest BCUT2D eigenvalue weighted by Crippen LogP contribution is 2.38. The van der Waals surface area contributed by atoms with Gasteiger partial charge in [0.15, 0.2) is 0 Å². The van der Waals surface area contributed by atoms with Gasteiger partial charge in [-0.05, 0) is 16.2 Å². The second-order valence-corrected chi connectivity index (χ2v) is 5.06. The van der Waals surface area contributed by atoms with Crippen LogP contribution in [0.15, 0.2) is 48.5 Å². The van der Waals surface area contributed by atoms with Crippen LogP contribution in [0, 0.1) is 0 Å². The van der Waals surface area contributed by atoms with Gasteiger partial charge in [0.05, 0.1) is 6.42 Å². The van der Waals surface area contributed by atoms with Crippen molar-refractivity contribution in [3.8, 4) is 5.75 Å². The first-order valence-corrected chi connectivity index (χ1v) is 6.90. The number of fused-ring (bicyclic) bond motifs is 3. The number of carboxylic acids is 1. The Balaban J connectivity index is 2.48. The van der Waals surface area contributed by atoms with Gasteiger partial charge >= 0.3 is 11.9 Å². The van der Waals surface area contributed by atoms with Gasteiger partial charge in [0.25, 0.3) is 0 Å². The first kappa shape index (κ1) is 14.1. The zero-order chi connectivity index (χ0) is 15.7. The highest BCUT2D eigenvalue weighted by atomic mass is 16.5. The lowest BCUT2D eigenvalue weighted by Gasteiger charge is -2.15. The van der Waals surface area contributed by atoms with E-state index in [4.69, 9.17) is 4.74 Å². The van der Waals surface area contributed by atoms with E-state index in [1.165, 1.54) is 6.92 Å². The second-order valence-electron chi connectivity index (χ2n) is 5.06. The van der Waals surface area contributed by atoms with Crippen molar-refractivity contribution < 1.29 is 19.4 Å². The number of carbonyl (C=O) groups excluding carboxylic acids is 1. The normalized spacial score (nSPS) is 10.8. The molecule has 22 heavy (non-hydrogen) atoms. The first-order chi connectivity index (χ1) is 10.6. The number of hydrogen-bond acceptors (Lipinski definition) is 3. The molecule has 0 heterocycles. The molecule has 0 aliphatic rings. The number of hydrogen-bond donors (Lipinski definition) is 1. The third-order valence-electron chi connectivity index (χ3n) is 3.56. The van der Waals surface area contributed by atoms with Crippen LogP contribution in [-0.4, -0.2) is 17.0 Å². The van der Waals surface area contributed by atoms with Crippen LogP contribution >= 0.6 is 0 Å². The van der Waals surface area contributed by atoms with Crippen molar-refractivity contribution in [2.45, 2.75) is 13.3 Å².